The Labute approximate surface area is 150 Å². The lowest BCUT2D eigenvalue weighted by Gasteiger charge is -2.19. The smallest absolute Gasteiger partial charge is 0.244 e. The van der Waals surface area contributed by atoms with Gasteiger partial charge < -0.3 is 5.11 Å². The van der Waals surface area contributed by atoms with Crippen molar-refractivity contribution in [1.82, 2.24) is 5.43 Å². The summed E-state index contributed by atoms with van der Waals surface area (Å²) in [5, 5.41) is 13.6. The third-order valence-corrected chi connectivity index (χ3v) is 4.06. The first-order valence-electron chi connectivity index (χ1n) is 7.65. The third kappa shape index (κ3) is 5.20. The van der Waals surface area contributed by atoms with Gasteiger partial charge in [-0.3, -0.25) is 4.79 Å². The summed E-state index contributed by atoms with van der Waals surface area (Å²) in [6.45, 7) is 6.46. The second-order valence-electron chi connectivity index (χ2n) is 6.62. The zero-order valence-electron chi connectivity index (χ0n) is 14.0. The van der Waals surface area contributed by atoms with Crippen LogP contribution < -0.4 is 5.43 Å². The van der Waals surface area contributed by atoms with Crippen LogP contribution in [0.3, 0.4) is 0 Å². The van der Waals surface area contributed by atoms with Gasteiger partial charge in [0.15, 0.2) is 0 Å². The maximum Gasteiger partial charge on any atom is 0.244 e. The lowest BCUT2D eigenvalue weighted by Crippen LogP contribution is -2.20. The maximum absolute atomic E-state index is 11.9. The van der Waals surface area contributed by atoms with Crippen LogP contribution in [0.4, 0.5) is 0 Å². The number of hydrogen-bond donors (Lipinski definition) is 2. The fourth-order valence-corrected chi connectivity index (χ4v) is 2.53. The molecule has 5 heteroatoms. The van der Waals surface area contributed by atoms with Crippen molar-refractivity contribution in [3.63, 3.8) is 0 Å². The molecule has 0 fully saturated rings. The maximum atomic E-state index is 11.9. The molecule has 4 nitrogen and oxygen atoms in total. The van der Waals surface area contributed by atoms with Crippen molar-refractivity contribution in [1.29, 1.82) is 0 Å². The summed E-state index contributed by atoms with van der Waals surface area (Å²) >= 11 is 3.32. The number of carbonyl (C=O) groups is 1. The Kier molecular flexibility index (Phi) is 5.78. The molecule has 0 unspecified atom stereocenters. The first kappa shape index (κ1) is 18.2. The summed E-state index contributed by atoms with van der Waals surface area (Å²) in [5.74, 6) is -0.0989. The summed E-state index contributed by atoms with van der Waals surface area (Å²) in [6.07, 6.45) is 1.67. The fourth-order valence-electron chi connectivity index (χ4n) is 2.15. The van der Waals surface area contributed by atoms with Gasteiger partial charge in [0.2, 0.25) is 5.91 Å². The van der Waals surface area contributed by atoms with E-state index in [-0.39, 0.29) is 23.5 Å². The van der Waals surface area contributed by atoms with E-state index in [1.165, 1.54) is 11.8 Å². The minimum Gasteiger partial charge on any atom is -0.507 e. The van der Waals surface area contributed by atoms with E-state index in [4.69, 9.17) is 0 Å². The molecule has 2 N–H and O–H groups in total. The molecular formula is C19H21BrN2O2. The Bertz CT molecular complexity index is 747. The number of rotatable bonds is 4. The SMILES string of the molecule is CC(C)(C)c1ccc(CC(=O)N/N=C\c2cc(Br)ccc2O)cc1. The van der Waals surface area contributed by atoms with Crippen molar-refractivity contribution in [2.75, 3.05) is 0 Å². The molecule has 0 atom stereocenters. The molecule has 2 aromatic rings. The highest BCUT2D eigenvalue weighted by atomic mass is 79.9. The van der Waals surface area contributed by atoms with Crippen molar-refractivity contribution in [2.45, 2.75) is 32.6 Å². The van der Waals surface area contributed by atoms with Crippen LogP contribution >= 0.6 is 15.9 Å². The van der Waals surface area contributed by atoms with Crippen molar-refractivity contribution in [3.8, 4) is 5.75 Å². The van der Waals surface area contributed by atoms with Gasteiger partial charge in [0.05, 0.1) is 12.6 Å². The van der Waals surface area contributed by atoms with Gasteiger partial charge in [0.25, 0.3) is 0 Å². The lowest BCUT2D eigenvalue weighted by molar-refractivity contribution is -0.120. The van der Waals surface area contributed by atoms with Crippen LogP contribution in [0.1, 0.15) is 37.5 Å². The van der Waals surface area contributed by atoms with E-state index in [0.717, 1.165) is 10.0 Å². The molecule has 24 heavy (non-hydrogen) atoms. The van der Waals surface area contributed by atoms with Crippen LogP contribution in [0.2, 0.25) is 0 Å². The quantitative estimate of drug-likeness (QED) is 0.610. The summed E-state index contributed by atoms with van der Waals surface area (Å²) in [6, 6.07) is 13.0. The molecule has 0 bridgehead atoms. The normalized spacial score (nSPS) is 11.7. The average Bonchev–Trinajstić information content (AvgIpc) is 2.50. The number of amides is 1. The average molecular weight is 389 g/mol. The van der Waals surface area contributed by atoms with E-state index in [0.29, 0.717) is 5.56 Å². The van der Waals surface area contributed by atoms with Crippen molar-refractivity contribution in [2.24, 2.45) is 5.10 Å². The van der Waals surface area contributed by atoms with Crippen LogP contribution in [-0.2, 0) is 16.6 Å². The number of hydrogen-bond acceptors (Lipinski definition) is 3. The molecule has 0 spiro atoms. The lowest BCUT2D eigenvalue weighted by atomic mass is 9.86. The summed E-state index contributed by atoms with van der Waals surface area (Å²) < 4.78 is 0.826. The number of halogens is 1. The summed E-state index contributed by atoms with van der Waals surface area (Å²) in [7, 11) is 0. The summed E-state index contributed by atoms with van der Waals surface area (Å²) in [5.41, 5.74) is 5.26. The largest absolute Gasteiger partial charge is 0.507 e. The number of carbonyl (C=O) groups excluding carboxylic acids is 1. The van der Waals surface area contributed by atoms with Gasteiger partial charge in [-0.2, -0.15) is 5.10 Å². The predicted molar refractivity (Wildman–Crippen MR) is 100 cm³/mol. The van der Waals surface area contributed by atoms with Gasteiger partial charge in [-0.1, -0.05) is 61.0 Å². The molecule has 2 rings (SSSR count). The third-order valence-electron chi connectivity index (χ3n) is 3.57. The molecule has 0 aliphatic heterocycles. The summed E-state index contributed by atoms with van der Waals surface area (Å²) in [4.78, 5) is 11.9. The van der Waals surface area contributed by atoms with E-state index in [1.54, 1.807) is 18.2 Å². The Hall–Kier alpha value is -2.14. The first-order chi connectivity index (χ1) is 11.3. The van der Waals surface area contributed by atoms with E-state index < -0.39 is 0 Å². The van der Waals surface area contributed by atoms with Crippen LogP contribution in [0.5, 0.6) is 5.75 Å². The van der Waals surface area contributed by atoms with Gasteiger partial charge in [-0.15, -0.1) is 0 Å². The zero-order valence-corrected chi connectivity index (χ0v) is 15.6. The van der Waals surface area contributed by atoms with Crippen LogP contribution in [-0.4, -0.2) is 17.2 Å². The van der Waals surface area contributed by atoms with Gasteiger partial charge in [0.1, 0.15) is 5.75 Å². The second kappa shape index (κ2) is 7.62. The monoisotopic (exact) mass is 388 g/mol. The predicted octanol–water partition coefficient (Wildman–Crippen LogP) is 4.15. The van der Waals surface area contributed by atoms with Crippen LogP contribution in [0, 0.1) is 0 Å². The molecule has 126 valence electrons. The van der Waals surface area contributed by atoms with Crippen molar-refractivity contribution in [3.05, 3.63) is 63.6 Å². The number of nitrogens with one attached hydrogen (secondary N) is 1. The van der Waals surface area contributed by atoms with E-state index in [1.807, 2.05) is 24.3 Å². The highest BCUT2D eigenvalue weighted by Crippen LogP contribution is 2.22. The molecule has 0 saturated heterocycles. The number of phenolic OH excluding ortho intramolecular Hbond substituents is 1. The van der Waals surface area contributed by atoms with Crippen LogP contribution in [0.15, 0.2) is 52.0 Å². The molecule has 0 aromatic heterocycles. The highest BCUT2D eigenvalue weighted by molar-refractivity contribution is 9.10. The molecule has 2 aromatic carbocycles. The molecule has 0 aliphatic carbocycles. The molecular weight excluding hydrogens is 368 g/mol. The fraction of sp³-hybridized carbons (Fsp3) is 0.263. The standard InChI is InChI=1S/C19H21BrN2O2/c1-19(2,3)15-6-4-13(5-7-15)10-18(24)22-21-12-14-11-16(20)8-9-17(14)23/h4-9,11-12,23H,10H2,1-3H3,(H,22,24)/b21-12-. The minimum atomic E-state index is -0.204. The van der Waals surface area contributed by atoms with Gasteiger partial charge in [-0.25, -0.2) is 5.43 Å². The van der Waals surface area contributed by atoms with Crippen molar-refractivity contribution >= 4 is 28.1 Å². The Morgan fingerprint density at radius 3 is 2.50 bits per heavy atom. The zero-order chi connectivity index (χ0) is 17.7. The number of hydrazone groups is 1. The Morgan fingerprint density at radius 1 is 1.21 bits per heavy atom. The first-order valence-corrected chi connectivity index (χ1v) is 8.45. The van der Waals surface area contributed by atoms with Gasteiger partial charge >= 0.3 is 0 Å². The highest BCUT2D eigenvalue weighted by Gasteiger charge is 2.13. The van der Waals surface area contributed by atoms with E-state index >= 15 is 0 Å². The van der Waals surface area contributed by atoms with Gasteiger partial charge in [-0.05, 0) is 34.7 Å². The molecule has 1 amide bonds. The Morgan fingerprint density at radius 2 is 1.88 bits per heavy atom. The molecule has 0 radical (unpaired) electrons. The molecule has 0 saturated carbocycles. The number of nitrogens with zero attached hydrogens (tertiary/aromatic N) is 1. The Balaban J connectivity index is 1.94. The number of benzene rings is 2. The topological polar surface area (TPSA) is 61.7 Å². The molecule has 0 heterocycles. The van der Waals surface area contributed by atoms with E-state index in [9.17, 15) is 9.90 Å². The van der Waals surface area contributed by atoms with Crippen molar-refractivity contribution < 1.29 is 9.90 Å². The van der Waals surface area contributed by atoms with Gasteiger partial charge in [0, 0.05) is 10.0 Å². The second-order valence-corrected chi connectivity index (χ2v) is 7.54. The molecule has 0 aliphatic rings. The number of aromatic hydroxyl groups is 1. The van der Waals surface area contributed by atoms with E-state index in [2.05, 4.69) is 47.2 Å². The minimum absolute atomic E-state index is 0.0943. The number of phenols is 1. The van der Waals surface area contributed by atoms with Crippen LogP contribution in [0.25, 0.3) is 0 Å².